The predicted molar refractivity (Wildman–Crippen MR) is 48.7 cm³/mol. The summed E-state index contributed by atoms with van der Waals surface area (Å²) < 4.78 is 0. The normalized spacial score (nSPS) is 24.5. The first-order valence-electron chi connectivity index (χ1n) is 4.73. The molecule has 0 aromatic heterocycles. The molecule has 0 aromatic rings. The topological polar surface area (TPSA) is 23.5 Å². The van der Waals surface area contributed by atoms with Crippen molar-refractivity contribution < 1.29 is 5.11 Å². The van der Waals surface area contributed by atoms with Crippen molar-refractivity contribution in [3.63, 3.8) is 0 Å². The summed E-state index contributed by atoms with van der Waals surface area (Å²) in [5.41, 5.74) is 0. The minimum atomic E-state index is 0.341. The van der Waals surface area contributed by atoms with E-state index >= 15 is 0 Å². The van der Waals surface area contributed by atoms with Crippen molar-refractivity contribution in [3.05, 3.63) is 0 Å². The molecular weight excluding hydrogens is 138 g/mol. The zero-order valence-corrected chi connectivity index (χ0v) is 8.01. The van der Waals surface area contributed by atoms with Crippen LogP contribution in [0.1, 0.15) is 33.6 Å². The Bertz CT molecular complexity index is 75.6. The van der Waals surface area contributed by atoms with Gasteiger partial charge in [0.15, 0.2) is 0 Å². The molecule has 1 N–H and O–H groups in total. The van der Waals surface area contributed by atoms with Gasteiger partial charge in [0.1, 0.15) is 0 Å². The van der Waals surface area contributed by atoms with E-state index in [0.29, 0.717) is 12.6 Å². The quantitative estimate of drug-likeness (QED) is 0.660. The lowest BCUT2D eigenvalue weighted by atomic mass is 10.2. The molecular formula is C9H21NO. The number of likely N-dealkylation sites (tertiary alicyclic amines) is 1. The summed E-state index contributed by atoms with van der Waals surface area (Å²) in [6, 6.07) is 0.468. The third-order valence-corrected chi connectivity index (χ3v) is 2.12. The monoisotopic (exact) mass is 159 g/mol. The molecule has 1 aliphatic heterocycles. The maximum Gasteiger partial charge on any atom is 0.0586 e. The molecule has 1 aliphatic rings. The maximum absolute atomic E-state index is 8.83. The highest BCUT2D eigenvalue weighted by molar-refractivity contribution is 4.76. The lowest BCUT2D eigenvalue weighted by molar-refractivity contribution is 0.164. The molecule has 68 valence electrons. The van der Waals surface area contributed by atoms with E-state index in [-0.39, 0.29) is 0 Å². The van der Waals surface area contributed by atoms with E-state index in [1.165, 1.54) is 19.4 Å². The van der Waals surface area contributed by atoms with Gasteiger partial charge in [0.05, 0.1) is 6.61 Å². The summed E-state index contributed by atoms with van der Waals surface area (Å²) >= 11 is 0. The molecule has 2 nitrogen and oxygen atoms in total. The largest absolute Gasteiger partial charge is 0.395 e. The summed E-state index contributed by atoms with van der Waals surface area (Å²) in [7, 11) is 0. The van der Waals surface area contributed by atoms with Gasteiger partial charge in [0, 0.05) is 6.04 Å². The lowest BCUT2D eigenvalue weighted by Gasteiger charge is -2.19. The Hall–Kier alpha value is -0.0800. The molecule has 0 aliphatic carbocycles. The maximum atomic E-state index is 8.83. The number of hydrogen-bond acceptors (Lipinski definition) is 2. The second-order valence-corrected chi connectivity index (χ2v) is 2.61. The molecule has 0 saturated carbocycles. The average Bonchev–Trinajstić information content (AvgIpc) is 2.54. The first-order chi connectivity index (χ1) is 5.38. The fraction of sp³-hybridized carbons (Fsp3) is 1.00. The second kappa shape index (κ2) is 6.62. The number of nitrogens with zero attached hydrogens (tertiary/aromatic N) is 1. The van der Waals surface area contributed by atoms with Crippen LogP contribution in [0.3, 0.4) is 0 Å². The van der Waals surface area contributed by atoms with Gasteiger partial charge in [-0.3, -0.25) is 4.90 Å². The molecule has 0 amide bonds. The van der Waals surface area contributed by atoms with Crippen molar-refractivity contribution in [2.24, 2.45) is 0 Å². The van der Waals surface area contributed by atoms with E-state index < -0.39 is 0 Å². The predicted octanol–water partition coefficient (Wildman–Crippen LogP) is 1.49. The van der Waals surface area contributed by atoms with Crippen LogP contribution in [0.25, 0.3) is 0 Å². The summed E-state index contributed by atoms with van der Waals surface area (Å²) in [5, 5.41) is 8.83. The van der Waals surface area contributed by atoms with Crippen LogP contribution < -0.4 is 0 Å². The van der Waals surface area contributed by atoms with Crippen LogP contribution in [0.4, 0.5) is 0 Å². The highest BCUT2D eigenvalue weighted by Crippen LogP contribution is 2.14. The Labute approximate surface area is 70.2 Å². The first-order valence-corrected chi connectivity index (χ1v) is 4.73. The highest BCUT2D eigenvalue weighted by Gasteiger charge is 2.21. The van der Waals surface area contributed by atoms with Crippen molar-refractivity contribution in [1.82, 2.24) is 4.90 Å². The number of aliphatic hydroxyl groups is 1. The van der Waals surface area contributed by atoms with Crippen LogP contribution in [0, 0.1) is 0 Å². The summed E-state index contributed by atoms with van der Waals surface area (Å²) in [6.07, 6.45) is 2.45. The van der Waals surface area contributed by atoms with E-state index in [4.69, 9.17) is 5.11 Å². The van der Waals surface area contributed by atoms with Crippen LogP contribution >= 0.6 is 0 Å². The van der Waals surface area contributed by atoms with Gasteiger partial charge in [0.25, 0.3) is 0 Å². The van der Waals surface area contributed by atoms with Gasteiger partial charge in [-0.05, 0) is 25.9 Å². The molecule has 1 fully saturated rings. The van der Waals surface area contributed by atoms with E-state index in [1.807, 2.05) is 13.8 Å². The third kappa shape index (κ3) is 3.21. The van der Waals surface area contributed by atoms with Crippen LogP contribution in [0.5, 0.6) is 0 Å². The zero-order valence-electron chi connectivity index (χ0n) is 8.01. The fourth-order valence-electron chi connectivity index (χ4n) is 1.52. The van der Waals surface area contributed by atoms with Gasteiger partial charge in [0.2, 0.25) is 0 Å². The molecule has 11 heavy (non-hydrogen) atoms. The first kappa shape index (κ1) is 10.9. The van der Waals surface area contributed by atoms with Gasteiger partial charge in [-0.2, -0.15) is 0 Å². The van der Waals surface area contributed by atoms with Gasteiger partial charge < -0.3 is 5.11 Å². The van der Waals surface area contributed by atoms with Crippen LogP contribution in [0.2, 0.25) is 0 Å². The number of hydrogen-bond donors (Lipinski definition) is 1. The Morgan fingerprint density at radius 3 is 2.45 bits per heavy atom. The molecule has 0 spiro atoms. The van der Waals surface area contributed by atoms with Gasteiger partial charge in [-0.15, -0.1) is 0 Å². The minimum absolute atomic E-state index is 0.341. The van der Waals surface area contributed by atoms with Gasteiger partial charge in [-0.25, -0.2) is 0 Å². The van der Waals surface area contributed by atoms with Gasteiger partial charge in [-0.1, -0.05) is 20.8 Å². The van der Waals surface area contributed by atoms with Crippen molar-refractivity contribution in [2.45, 2.75) is 39.7 Å². The van der Waals surface area contributed by atoms with Crippen molar-refractivity contribution >= 4 is 0 Å². The Morgan fingerprint density at radius 2 is 2.09 bits per heavy atom. The van der Waals surface area contributed by atoms with E-state index in [9.17, 15) is 0 Å². The van der Waals surface area contributed by atoms with Crippen LogP contribution in [0.15, 0.2) is 0 Å². The molecule has 0 radical (unpaired) electrons. The number of rotatable bonds is 2. The van der Waals surface area contributed by atoms with Crippen LogP contribution in [-0.2, 0) is 0 Å². The standard InChI is InChI=1S/C7H15NO.C2H6/c1-2-8-5-3-4-7(8)6-9;1-2/h7,9H,2-6H2,1H3;1-2H3. The molecule has 0 bridgehead atoms. The van der Waals surface area contributed by atoms with Crippen molar-refractivity contribution in [1.29, 1.82) is 0 Å². The molecule has 2 heteroatoms. The second-order valence-electron chi connectivity index (χ2n) is 2.61. The number of likely N-dealkylation sites (N-methyl/N-ethyl adjacent to an activating group) is 1. The number of aliphatic hydroxyl groups excluding tert-OH is 1. The Balaban J connectivity index is 0.000000461. The Kier molecular flexibility index (Phi) is 6.57. The molecule has 1 heterocycles. The minimum Gasteiger partial charge on any atom is -0.395 e. The SMILES string of the molecule is CC.CCN1CCCC1CO. The van der Waals surface area contributed by atoms with E-state index in [2.05, 4.69) is 11.8 Å². The zero-order chi connectivity index (χ0) is 8.69. The smallest absolute Gasteiger partial charge is 0.0586 e. The van der Waals surface area contributed by atoms with Crippen LogP contribution in [-0.4, -0.2) is 35.7 Å². The highest BCUT2D eigenvalue weighted by atomic mass is 16.3. The molecule has 1 saturated heterocycles. The average molecular weight is 159 g/mol. The van der Waals surface area contributed by atoms with Crippen molar-refractivity contribution in [2.75, 3.05) is 19.7 Å². The lowest BCUT2D eigenvalue weighted by Crippen LogP contribution is -2.31. The molecule has 0 aromatic carbocycles. The summed E-state index contributed by atoms with van der Waals surface area (Å²) in [4.78, 5) is 2.33. The van der Waals surface area contributed by atoms with E-state index in [0.717, 1.165) is 6.54 Å². The molecule has 1 unspecified atom stereocenters. The summed E-state index contributed by atoms with van der Waals surface area (Å²) in [6.45, 7) is 8.76. The fourth-order valence-corrected chi connectivity index (χ4v) is 1.52. The van der Waals surface area contributed by atoms with E-state index in [1.54, 1.807) is 0 Å². The molecule has 1 atom stereocenters. The summed E-state index contributed by atoms with van der Waals surface area (Å²) in [5.74, 6) is 0. The third-order valence-electron chi connectivity index (χ3n) is 2.12. The van der Waals surface area contributed by atoms with Gasteiger partial charge >= 0.3 is 0 Å². The molecule has 1 rings (SSSR count). The van der Waals surface area contributed by atoms with Crippen molar-refractivity contribution in [3.8, 4) is 0 Å². The Morgan fingerprint density at radius 1 is 1.45 bits per heavy atom.